The molecule has 3 aromatic carbocycles. The summed E-state index contributed by atoms with van der Waals surface area (Å²) in [5.41, 5.74) is 0.609. The molecule has 1 amide bonds. The fraction of sp³-hybridized carbons (Fsp3) is 0.120. The molecule has 1 N–H and O–H groups in total. The van der Waals surface area contributed by atoms with Crippen LogP contribution in [0.15, 0.2) is 70.6 Å². The zero-order valence-corrected chi connectivity index (χ0v) is 20.9. The Morgan fingerprint density at radius 1 is 1.03 bits per heavy atom. The van der Waals surface area contributed by atoms with E-state index in [1.165, 1.54) is 13.2 Å². The van der Waals surface area contributed by atoms with Crippen molar-refractivity contribution in [3.05, 3.63) is 92.3 Å². The van der Waals surface area contributed by atoms with Crippen molar-refractivity contribution in [2.45, 2.75) is 12.8 Å². The number of aliphatic imine (C=N–C) groups is 1. The van der Waals surface area contributed by atoms with E-state index >= 15 is 0 Å². The van der Waals surface area contributed by atoms with Gasteiger partial charge in [0, 0.05) is 5.02 Å². The highest BCUT2D eigenvalue weighted by atomic mass is 35.5. The number of ether oxygens (including phenoxy) is 2. The standard InChI is InChI=1S/C25H17Cl2F3N2O3S/c1-34-21-10-15(4-9-20(21)35-13-14-2-5-16(26)6-3-14)11-22-23(33)32-24(36-22)31-17-7-8-19(27)18(12-17)25(28,29)30/h2-12H,13H2,1H3,(H,31,32,33). The number of rotatable bonds is 6. The number of thioether (sulfide) groups is 1. The maximum atomic E-state index is 13.1. The van der Waals surface area contributed by atoms with E-state index < -0.39 is 22.7 Å². The van der Waals surface area contributed by atoms with E-state index in [0.717, 1.165) is 29.5 Å². The summed E-state index contributed by atoms with van der Waals surface area (Å²) in [4.78, 5) is 16.8. The third-order valence-corrected chi connectivity index (χ3v) is 6.42. The fourth-order valence-corrected chi connectivity index (χ4v) is 4.38. The van der Waals surface area contributed by atoms with E-state index in [1.54, 1.807) is 36.4 Å². The van der Waals surface area contributed by atoms with Crippen LogP contribution in [0.3, 0.4) is 0 Å². The van der Waals surface area contributed by atoms with Crippen LogP contribution in [-0.4, -0.2) is 18.2 Å². The summed E-state index contributed by atoms with van der Waals surface area (Å²) in [5.74, 6) is 0.561. The van der Waals surface area contributed by atoms with Crippen LogP contribution in [-0.2, 0) is 17.6 Å². The molecule has 0 bridgehead atoms. The molecule has 1 saturated heterocycles. The molecule has 36 heavy (non-hydrogen) atoms. The number of methoxy groups -OCH3 is 1. The monoisotopic (exact) mass is 552 g/mol. The Labute approximate surface area is 218 Å². The van der Waals surface area contributed by atoms with Gasteiger partial charge in [-0.25, -0.2) is 4.99 Å². The quantitative estimate of drug-likeness (QED) is 0.322. The first-order valence-electron chi connectivity index (χ1n) is 10.3. The molecule has 0 atom stereocenters. The smallest absolute Gasteiger partial charge is 0.417 e. The Morgan fingerprint density at radius 3 is 2.47 bits per heavy atom. The molecule has 5 nitrogen and oxygen atoms in total. The number of carbonyl (C=O) groups excluding carboxylic acids is 1. The number of nitrogens with one attached hydrogen (secondary N) is 1. The highest BCUT2D eigenvalue weighted by molar-refractivity contribution is 8.18. The van der Waals surface area contributed by atoms with Gasteiger partial charge >= 0.3 is 6.18 Å². The highest BCUT2D eigenvalue weighted by Gasteiger charge is 2.33. The van der Waals surface area contributed by atoms with E-state index in [1.807, 2.05) is 12.1 Å². The van der Waals surface area contributed by atoms with Gasteiger partial charge in [-0.1, -0.05) is 41.4 Å². The third-order valence-electron chi connectivity index (χ3n) is 4.93. The zero-order chi connectivity index (χ0) is 25.9. The second-order valence-corrected chi connectivity index (χ2v) is 9.34. The zero-order valence-electron chi connectivity index (χ0n) is 18.5. The fourth-order valence-electron chi connectivity index (χ4n) is 3.18. The molecule has 0 radical (unpaired) electrons. The molecule has 0 unspecified atom stereocenters. The van der Waals surface area contributed by atoms with Gasteiger partial charge in [-0.05, 0) is 71.4 Å². The Balaban J connectivity index is 1.50. The summed E-state index contributed by atoms with van der Waals surface area (Å²) in [6.07, 6.45) is -2.99. The van der Waals surface area contributed by atoms with Gasteiger partial charge in [-0.15, -0.1) is 0 Å². The van der Waals surface area contributed by atoms with Gasteiger partial charge in [-0.2, -0.15) is 13.2 Å². The van der Waals surface area contributed by atoms with Crippen molar-refractivity contribution in [3.8, 4) is 11.5 Å². The first-order chi connectivity index (χ1) is 17.1. The topological polar surface area (TPSA) is 59.9 Å². The number of carbonyl (C=O) groups is 1. The van der Waals surface area contributed by atoms with Gasteiger partial charge in [0.2, 0.25) is 0 Å². The third kappa shape index (κ3) is 6.34. The normalized spacial score (nSPS) is 15.9. The Hall–Kier alpha value is -3.14. The van der Waals surface area contributed by atoms with Crippen LogP contribution >= 0.6 is 35.0 Å². The van der Waals surface area contributed by atoms with Crippen molar-refractivity contribution in [2.75, 3.05) is 7.11 Å². The molecule has 3 aromatic rings. The van der Waals surface area contributed by atoms with Crippen LogP contribution in [0.2, 0.25) is 10.0 Å². The minimum atomic E-state index is -4.62. The lowest BCUT2D eigenvalue weighted by atomic mass is 10.2. The lowest BCUT2D eigenvalue weighted by Gasteiger charge is -2.11. The van der Waals surface area contributed by atoms with Gasteiger partial charge in [-0.3, -0.25) is 4.79 Å². The molecule has 1 aliphatic rings. The summed E-state index contributed by atoms with van der Waals surface area (Å²) in [5, 5.41) is 2.91. The van der Waals surface area contributed by atoms with E-state index in [0.29, 0.717) is 33.6 Å². The Kier molecular flexibility index (Phi) is 7.82. The van der Waals surface area contributed by atoms with Crippen molar-refractivity contribution in [3.63, 3.8) is 0 Å². The average Bonchev–Trinajstić information content (AvgIpc) is 3.17. The molecule has 11 heteroatoms. The predicted molar refractivity (Wildman–Crippen MR) is 136 cm³/mol. The van der Waals surface area contributed by atoms with Crippen molar-refractivity contribution in [2.24, 2.45) is 4.99 Å². The molecule has 0 saturated carbocycles. The summed E-state index contributed by atoms with van der Waals surface area (Å²) in [7, 11) is 1.50. The lowest BCUT2D eigenvalue weighted by molar-refractivity contribution is -0.137. The first kappa shape index (κ1) is 25.9. The summed E-state index contributed by atoms with van der Waals surface area (Å²) >= 11 is 12.6. The maximum absolute atomic E-state index is 13.1. The van der Waals surface area contributed by atoms with Gasteiger partial charge in [0.05, 0.1) is 28.3 Å². The summed E-state index contributed by atoms with van der Waals surface area (Å²) in [6, 6.07) is 15.7. The van der Waals surface area contributed by atoms with Crippen LogP contribution in [0.4, 0.5) is 18.9 Å². The molecular weight excluding hydrogens is 536 g/mol. The largest absolute Gasteiger partial charge is 0.493 e. The second-order valence-electron chi connectivity index (χ2n) is 7.47. The number of amidine groups is 1. The second kappa shape index (κ2) is 10.9. The van der Waals surface area contributed by atoms with Gasteiger partial charge < -0.3 is 14.8 Å². The van der Waals surface area contributed by atoms with E-state index in [9.17, 15) is 18.0 Å². The van der Waals surface area contributed by atoms with Gasteiger partial charge in [0.1, 0.15) is 6.61 Å². The van der Waals surface area contributed by atoms with E-state index in [-0.39, 0.29) is 10.9 Å². The number of benzene rings is 3. The summed E-state index contributed by atoms with van der Waals surface area (Å²) in [6.45, 7) is 0.312. The van der Waals surface area contributed by atoms with Crippen molar-refractivity contribution < 1.29 is 27.4 Å². The van der Waals surface area contributed by atoms with E-state index in [2.05, 4.69) is 10.3 Å². The van der Waals surface area contributed by atoms with Crippen molar-refractivity contribution >= 4 is 57.8 Å². The Bertz CT molecular complexity index is 1360. The van der Waals surface area contributed by atoms with Crippen molar-refractivity contribution in [1.29, 1.82) is 0 Å². The minimum absolute atomic E-state index is 0.0135. The van der Waals surface area contributed by atoms with Crippen molar-refractivity contribution in [1.82, 2.24) is 5.32 Å². The molecule has 0 spiro atoms. The lowest BCUT2D eigenvalue weighted by Crippen LogP contribution is -2.19. The van der Waals surface area contributed by atoms with Gasteiger partial charge in [0.15, 0.2) is 16.7 Å². The number of hydrogen-bond acceptors (Lipinski definition) is 5. The number of alkyl halides is 3. The van der Waals surface area contributed by atoms with Crippen LogP contribution < -0.4 is 14.8 Å². The number of halogens is 5. The van der Waals surface area contributed by atoms with Crippen LogP contribution in [0.1, 0.15) is 16.7 Å². The van der Waals surface area contributed by atoms with Crippen LogP contribution in [0.5, 0.6) is 11.5 Å². The SMILES string of the molecule is COc1cc(C=C2SC(=Nc3ccc(Cl)c(C(F)(F)F)c3)NC2=O)ccc1OCc1ccc(Cl)cc1. The Morgan fingerprint density at radius 2 is 1.78 bits per heavy atom. The molecule has 1 fully saturated rings. The van der Waals surface area contributed by atoms with E-state index in [4.69, 9.17) is 32.7 Å². The predicted octanol–water partition coefficient (Wildman–Crippen LogP) is 7.49. The molecule has 4 rings (SSSR count). The molecular formula is C25H17Cl2F3N2O3S. The summed E-state index contributed by atoms with van der Waals surface area (Å²) < 4.78 is 50.6. The first-order valence-corrected chi connectivity index (χ1v) is 11.9. The molecule has 1 heterocycles. The molecule has 0 aromatic heterocycles. The molecule has 0 aliphatic carbocycles. The number of hydrogen-bond donors (Lipinski definition) is 1. The van der Waals surface area contributed by atoms with Crippen LogP contribution in [0.25, 0.3) is 6.08 Å². The van der Waals surface area contributed by atoms with Gasteiger partial charge in [0.25, 0.3) is 5.91 Å². The maximum Gasteiger partial charge on any atom is 0.417 e. The number of nitrogens with zero attached hydrogens (tertiary/aromatic N) is 1. The molecule has 1 aliphatic heterocycles. The number of amides is 1. The average molecular weight is 553 g/mol. The molecule has 186 valence electrons. The highest BCUT2D eigenvalue weighted by Crippen LogP contribution is 2.38. The van der Waals surface area contributed by atoms with Crippen LogP contribution in [0, 0.1) is 0 Å². The minimum Gasteiger partial charge on any atom is -0.493 e.